The van der Waals surface area contributed by atoms with Gasteiger partial charge in [-0.3, -0.25) is 9.59 Å². The van der Waals surface area contributed by atoms with Crippen LogP contribution in [0.1, 0.15) is 38.2 Å². The summed E-state index contributed by atoms with van der Waals surface area (Å²) in [6, 6.07) is 9.50. The fourth-order valence-corrected chi connectivity index (χ4v) is 3.20. The molecule has 21 heavy (non-hydrogen) atoms. The highest BCUT2D eigenvalue weighted by Gasteiger charge is 2.44. The van der Waals surface area contributed by atoms with Gasteiger partial charge in [0.05, 0.1) is 6.54 Å². The van der Waals surface area contributed by atoms with E-state index in [4.69, 9.17) is 0 Å². The number of piperazine rings is 1. The maximum Gasteiger partial charge on any atom is 0.253 e. The van der Waals surface area contributed by atoms with E-state index in [1.165, 1.54) is 19.3 Å². The van der Waals surface area contributed by atoms with Crippen molar-refractivity contribution >= 4 is 11.8 Å². The minimum atomic E-state index is -0.934. The number of amides is 2. The third-order valence-electron chi connectivity index (χ3n) is 4.82. The minimum Gasteiger partial charge on any atom is -0.337 e. The minimum absolute atomic E-state index is 0.00706. The molecule has 0 bridgehead atoms. The van der Waals surface area contributed by atoms with Gasteiger partial charge in [-0.25, -0.2) is 0 Å². The lowest BCUT2D eigenvalue weighted by Gasteiger charge is -2.41. The fraction of sp³-hybridized carbons (Fsp3) is 0.529. The van der Waals surface area contributed by atoms with Gasteiger partial charge in [-0.2, -0.15) is 0 Å². The van der Waals surface area contributed by atoms with Crippen molar-refractivity contribution in [3.05, 3.63) is 35.9 Å². The number of nitrogens with one attached hydrogen (secondary N) is 1. The standard InChI is InChI=1S/C17H22N2O2/c1-17(14-8-3-2-4-9-14)16(21)19(12-15(20)18-17)11-10-13-6-5-7-13/h2-4,8-9,13H,5-7,10-12H2,1H3,(H,18,20). The second kappa shape index (κ2) is 5.51. The highest BCUT2D eigenvalue weighted by Crippen LogP contribution is 2.31. The molecule has 1 atom stereocenters. The van der Waals surface area contributed by atoms with Crippen LogP contribution in [0, 0.1) is 5.92 Å². The maximum absolute atomic E-state index is 12.8. The van der Waals surface area contributed by atoms with E-state index in [0.717, 1.165) is 17.9 Å². The fourth-order valence-electron chi connectivity index (χ4n) is 3.20. The molecule has 2 amide bonds. The summed E-state index contributed by atoms with van der Waals surface area (Å²) in [5.41, 5.74) is -0.0902. The molecule has 2 fully saturated rings. The molecule has 1 aromatic rings. The summed E-state index contributed by atoms with van der Waals surface area (Å²) in [4.78, 5) is 26.6. The normalized spacial score (nSPS) is 26.4. The lowest BCUT2D eigenvalue weighted by atomic mass is 9.82. The molecule has 1 aliphatic carbocycles. The Bertz CT molecular complexity index is 539. The third kappa shape index (κ3) is 2.67. The monoisotopic (exact) mass is 286 g/mol. The average Bonchev–Trinajstić information content (AvgIpc) is 2.43. The van der Waals surface area contributed by atoms with E-state index in [1.54, 1.807) is 11.8 Å². The van der Waals surface area contributed by atoms with Crippen molar-refractivity contribution in [2.24, 2.45) is 5.92 Å². The average molecular weight is 286 g/mol. The van der Waals surface area contributed by atoms with Gasteiger partial charge in [0.15, 0.2) is 0 Å². The van der Waals surface area contributed by atoms with Crippen molar-refractivity contribution in [1.29, 1.82) is 0 Å². The second-order valence-corrected chi connectivity index (χ2v) is 6.35. The topological polar surface area (TPSA) is 49.4 Å². The van der Waals surface area contributed by atoms with Crippen molar-refractivity contribution < 1.29 is 9.59 Å². The molecule has 0 radical (unpaired) electrons. The summed E-state index contributed by atoms with van der Waals surface area (Å²) in [5.74, 6) is 0.674. The van der Waals surface area contributed by atoms with Crippen molar-refractivity contribution in [3.8, 4) is 0 Å². The number of benzene rings is 1. The van der Waals surface area contributed by atoms with Gasteiger partial charge < -0.3 is 10.2 Å². The number of hydrogen-bond acceptors (Lipinski definition) is 2. The quantitative estimate of drug-likeness (QED) is 0.921. The highest BCUT2D eigenvalue weighted by atomic mass is 16.2. The summed E-state index contributed by atoms with van der Waals surface area (Å²) in [7, 11) is 0. The van der Waals surface area contributed by atoms with Crippen LogP contribution in [0.15, 0.2) is 30.3 Å². The molecule has 4 heteroatoms. The van der Waals surface area contributed by atoms with Crippen molar-refractivity contribution in [2.45, 2.75) is 38.1 Å². The zero-order valence-corrected chi connectivity index (χ0v) is 12.5. The van der Waals surface area contributed by atoms with Crippen molar-refractivity contribution in [1.82, 2.24) is 10.2 Å². The molecule has 4 nitrogen and oxygen atoms in total. The second-order valence-electron chi connectivity index (χ2n) is 6.35. The summed E-state index contributed by atoms with van der Waals surface area (Å²) >= 11 is 0. The first kappa shape index (κ1) is 14.1. The largest absolute Gasteiger partial charge is 0.337 e. The highest BCUT2D eigenvalue weighted by molar-refractivity contribution is 5.98. The van der Waals surface area contributed by atoms with E-state index in [9.17, 15) is 9.59 Å². The van der Waals surface area contributed by atoms with Crippen molar-refractivity contribution in [2.75, 3.05) is 13.1 Å². The molecule has 1 heterocycles. The Hall–Kier alpha value is -1.84. The number of hydrogen-bond donors (Lipinski definition) is 1. The predicted molar refractivity (Wildman–Crippen MR) is 80.5 cm³/mol. The molecule has 3 rings (SSSR count). The van der Waals surface area contributed by atoms with Gasteiger partial charge >= 0.3 is 0 Å². The van der Waals surface area contributed by atoms with Crippen LogP contribution in [0.2, 0.25) is 0 Å². The Kier molecular flexibility index (Phi) is 3.70. The molecular weight excluding hydrogens is 264 g/mol. The number of nitrogens with zero attached hydrogens (tertiary/aromatic N) is 1. The van der Waals surface area contributed by atoms with Crippen LogP contribution in [0.4, 0.5) is 0 Å². The molecule has 1 saturated heterocycles. The molecule has 112 valence electrons. The molecule has 0 aromatic heterocycles. The molecule has 0 spiro atoms. The summed E-state index contributed by atoms with van der Waals surface area (Å²) in [6.07, 6.45) is 4.86. The Morgan fingerprint density at radius 1 is 1.24 bits per heavy atom. The van der Waals surface area contributed by atoms with E-state index in [1.807, 2.05) is 30.3 Å². The zero-order valence-electron chi connectivity index (χ0n) is 12.5. The zero-order chi connectivity index (χ0) is 14.9. The first-order chi connectivity index (χ1) is 10.1. The van der Waals surface area contributed by atoms with Crippen LogP contribution in [0.5, 0.6) is 0 Å². The number of rotatable bonds is 4. The smallest absolute Gasteiger partial charge is 0.253 e. The van der Waals surface area contributed by atoms with Gasteiger partial charge in [-0.15, -0.1) is 0 Å². The maximum atomic E-state index is 12.8. The predicted octanol–water partition coefficient (Wildman–Crippen LogP) is 2.05. The Morgan fingerprint density at radius 2 is 1.95 bits per heavy atom. The van der Waals surface area contributed by atoms with E-state index < -0.39 is 5.54 Å². The Morgan fingerprint density at radius 3 is 2.57 bits per heavy atom. The van der Waals surface area contributed by atoms with Gasteiger partial charge in [-0.1, -0.05) is 49.6 Å². The van der Waals surface area contributed by atoms with E-state index in [0.29, 0.717) is 6.54 Å². The van der Waals surface area contributed by atoms with E-state index >= 15 is 0 Å². The lowest BCUT2D eigenvalue weighted by Crippen LogP contribution is -2.63. The van der Waals surface area contributed by atoms with E-state index in [-0.39, 0.29) is 18.4 Å². The van der Waals surface area contributed by atoms with Crippen LogP contribution in [-0.4, -0.2) is 29.8 Å². The van der Waals surface area contributed by atoms with Gasteiger partial charge in [0.1, 0.15) is 5.54 Å². The van der Waals surface area contributed by atoms with Gasteiger partial charge in [0, 0.05) is 6.54 Å². The van der Waals surface area contributed by atoms with Gasteiger partial charge in [0.25, 0.3) is 5.91 Å². The molecule has 1 unspecified atom stereocenters. The van der Waals surface area contributed by atoms with Gasteiger partial charge in [-0.05, 0) is 24.8 Å². The van der Waals surface area contributed by atoms with Gasteiger partial charge in [0.2, 0.25) is 5.91 Å². The molecule has 1 N–H and O–H groups in total. The molecule has 1 aromatic carbocycles. The first-order valence-corrected chi connectivity index (χ1v) is 7.75. The van der Waals surface area contributed by atoms with Crippen LogP contribution in [-0.2, 0) is 15.1 Å². The first-order valence-electron chi connectivity index (χ1n) is 7.75. The number of carbonyl (C=O) groups is 2. The van der Waals surface area contributed by atoms with E-state index in [2.05, 4.69) is 5.32 Å². The molecular formula is C17H22N2O2. The summed E-state index contributed by atoms with van der Waals surface area (Å²) < 4.78 is 0. The van der Waals surface area contributed by atoms with Crippen LogP contribution < -0.4 is 5.32 Å². The summed E-state index contributed by atoms with van der Waals surface area (Å²) in [6.45, 7) is 2.69. The van der Waals surface area contributed by atoms with Crippen LogP contribution in [0.3, 0.4) is 0 Å². The summed E-state index contributed by atoms with van der Waals surface area (Å²) in [5, 5.41) is 2.87. The lowest BCUT2D eigenvalue weighted by molar-refractivity contribution is -0.149. The molecule has 1 aliphatic heterocycles. The number of carbonyl (C=O) groups excluding carboxylic acids is 2. The Balaban J connectivity index is 1.77. The third-order valence-corrected chi connectivity index (χ3v) is 4.82. The van der Waals surface area contributed by atoms with Crippen molar-refractivity contribution in [3.63, 3.8) is 0 Å². The van der Waals surface area contributed by atoms with Crippen LogP contribution in [0.25, 0.3) is 0 Å². The Labute approximate surface area is 125 Å². The molecule has 2 aliphatic rings. The SMILES string of the molecule is CC1(c2ccccc2)NC(=O)CN(CCC2CCC2)C1=O. The molecule has 1 saturated carbocycles. The van der Waals surface area contributed by atoms with Crippen LogP contribution >= 0.6 is 0 Å².